The molecule has 4 unspecified atom stereocenters. The minimum absolute atomic E-state index is 0.192. The maximum atomic E-state index is 12.2. The van der Waals surface area contributed by atoms with Gasteiger partial charge in [-0.15, -0.1) is 0 Å². The van der Waals surface area contributed by atoms with Gasteiger partial charge >= 0.3 is 0 Å². The average Bonchev–Trinajstić information content (AvgIpc) is 2.51. The second-order valence-corrected chi connectivity index (χ2v) is 9.56. The molecule has 7 nitrogen and oxygen atoms in total. The lowest BCUT2D eigenvalue weighted by molar-refractivity contribution is 0.00877. The Morgan fingerprint density at radius 1 is 0.897 bits per heavy atom. The van der Waals surface area contributed by atoms with Gasteiger partial charge in [0.05, 0.1) is 5.56 Å². The maximum absolute atomic E-state index is 12.2. The molecule has 0 amide bonds. The molecule has 0 aliphatic carbocycles. The molecule has 0 aromatic heterocycles. The number of aliphatic hydroxyl groups is 2. The molecule has 29 heavy (non-hydrogen) atoms. The van der Waals surface area contributed by atoms with Crippen LogP contribution >= 0.6 is 0 Å². The molecule has 0 aliphatic heterocycles. The summed E-state index contributed by atoms with van der Waals surface area (Å²) in [4.78, 5) is 12.2. The van der Waals surface area contributed by atoms with Gasteiger partial charge in [-0.25, -0.2) is 0 Å². The minimum Gasteiger partial charge on any atom is -0.473 e. The van der Waals surface area contributed by atoms with Crippen LogP contribution in [0.5, 0.6) is 11.5 Å². The standard InChI is InChI=1S/C22H38N2O5/c1-13(25)17-12-16(28-19(14(2)26)23-21(4,5)6)10-11-18(17)29-20(15(3)27)24-22(7,8)9/h10-12,14-15,19-20,23-24,26-27H,1-9H3. The fourth-order valence-electron chi connectivity index (χ4n) is 2.59. The molecule has 0 spiro atoms. The fourth-order valence-corrected chi connectivity index (χ4v) is 2.59. The van der Waals surface area contributed by atoms with E-state index in [1.165, 1.54) is 6.92 Å². The summed E-state index contributed by atoms with van der Waals surface area (Å²) in [7, 11) is 0. The lowest BCUT2D eigenvalue weighted by Crippen LogP contribution is -2.52. The Morgan fingerprint density at radius 2 is 1.34 bits per heavy atom. The van der Waals surface area contributed by atoms with Gasteiger partial charge in [-0.3, -0.25) is 15.4 Å². The molecule has 0 radical (unpaired) electrons. The van der Waals surface area contributed by atoms with Crippen LogP contribution in [0.3, 0.4) is 0 Å². The summed E-state index contributed by atoms with van der Waals surface area (Å²) in [5.41, 5.74) is -0.217. The number of benzene rings is 1. The first-order valence-corrected chi connectivity index (χ1v) is 9.99. The zero-order chi connectivity index (χ0) is 22.6. The Bertz CT molecular complexity index is 675. The third-order valence-electron chi connectivity index (χ3n) is 3.87. The van der Waals surface area contributed by atoms with Gasteiger partial charge in [-0.2, -0.15) is 0 Å². The van der Waals surface area contributed by atoms with Gasteiger partial charge in [-0.05, 0) is 80.5 Å². The highest BCUT2D eigenvalue weighted by molar-refractivity contribution is 5.97. The van der Waals surface area contributed by atoms with Crippen molar-refractivity contribution in [3.8, 4) is 11.5 Å². The summed E-state index contributed by atoms with van der Waals surface area (Å²) in [6.45, 7) is 16.5. The molecule has 0 heterocycles. The van der Waals surface area contributed by atoms with Gasteiger partial charge in [0.15, 0.2) is 18.2 Å². The topological polar surface area (TPSA) is 100 Å². The van der Waals surface area contributed by atoms with Crippen molar-refractivity contribution in [3.63, 3.8) is 0 Å². The molecule has 0 aliphatic rings. The largest absolute Gasteiger partial charge is 0.473 e. The van der Waals surface area contributed by atoms with Gasteiger partial charge in [-0.1, -0.05) is 0 Å². The van der Waals surface area contributed by atoms with Crippen molar-refractivity contribution < 1.29 is 24.5 Å². The monoisotopic (exact) mass is 410 g/mol. The van der Waals surface area contributed by atoms with E-state index in [4.69, 9.17) is 9.47 Å². The smallest absolute Gasteiger partial charge is 0.176 e. The molecule has 7 heteroatoms. The average molecular weight is 411 g/mol. The van der Waals surface area contributed by atoms with Crippen LogP contribution in [0, 0.1) is 0 Å². The van der Waals surface area contributed by atoms with Crippen LogP contribution in [0.25, 0.3) is 0 Å². The molecule has 0 saturated carbocycles. The molecular formula is C22H38N2O5. The van der Waals surface area contributed by atoms with Gasteiger partial charge in [0.25, 0.3) is 0 Å². The summed E-state index contributed by atoms with van der Waals surface area (Å²) >= 11 is 0. The van der Waals surface area contributed by atoms with E-state index in [2.05, 4.69) is 10.6 Å². The molecule has 1 aromatic carbocycles. The lowest BCUT2D eigenvalue weighted by Gasteiger charge is -2.32. The molecule has 1 rings (SSSR count). The van der Waals surface area contributed by atoms with E-state index in [1.807, 2.05) is 41.5 Å². The van der Waals surface area contributed by atoms with E-state index in [9.17, 15) is 15.0 Å². The minimum atomic E-state index is -0.791. The van der Waals surface area contributed by atoms with Gasteiger partial charge in [0, 0.05) is 11.1 Å². The summed E-state index contributed by atoms with van der Waals surface area (Å²) in [6, 6.07) is 4.91. The second-order valence-electron chi connectivity index (χ2n) is 9.56. The van der Waals surface area contributed by atoms with Gasteiger partial charge in [0.1, 0.15) is 23.7 Å². The summed E-state index contributed by atoms with van der Waals surface area (Å²) in [5, 5.41) is 26.5. The summed E-state index contributed by atoms with van der Waals surface area (Å²) < 4.78 is 11.8. The molecule has 4 atom stereocenters. The number of carbonyl (C=O) groups is 1. The van der Waals surface area contributed by atoms with E-state index >= 15 is 0 Å². The fraction of sp³-hybridized carbons (Fsp3) is 0.682. The van der Waals surface area contributed by atoms with E-state index in [0.717, 1.165) is 0 Å². The lowest BCUT2D eigenvalue weighted by atomic mass is 10.1. The number of aliphatic hydroxyl groups excluding tert-OH is 2. The Morgan fingerprint density at radius 3 is 1.72 bits per heavy atom. The second kappa shape index (κ2) is 9.89. The Hall–Kier alpha value is -1.67. The highest BCUT2D eigenvalue weighted by Gasteiger charge is 2.26. The van der Waals surface area contributed by atoms with E-state index < -0.39 is 24.7 Å². The Balaban J connectivity index is 3.14. The predicted octanol–water partition coefficient (Wildman–Crippen LogP) is 2.84. The quantitative estimate of drug-likeness (QED) is 0.367. The third-order valence-corrected chi connectivity index (χ3v) is 3.87. The highest BCUT2D eigenvalue weighted by atomic mass is 16.5. The van der Waals surface area contributed by atoms with Crippen molar-refractivity contribution in [2.45, 2.75) is 98.1 Å². The zero-order valence-electron chi connectivity index (χ0n) is 19.2. The first-order valence-electron chi connectivity index (χ1n) is 9.99. The Labute approximate surface area is 174 Å². The molecule has 0 saturated heterocycles. The van der Waals surface area contributed by atoms with Crippen molar-refractivity contribution in [1.82, 2.24) is 10.6 Å². The SMILES string of the molecule is CC(=O)c1cc(OC(NC(C)(C)C)C(C)O)ccc1OC(NC(C)(C)C)C(C)O. The zero-order valence-corrected chi connectivity index (χ0v) is 19.2. The van der Waals surface area contributed by atoms with Crippen molar-refractivity contribution in [2.75, 3.05) is 0 Å². The molecule has 0 bridgehead atoms. The molecule has 4 N–H and O–H groups in total. The van der Waals surface area contributed by atoms with Crippen LogP contribution in [-0.2, 0) is 0 Å². The summed E-state index contributed by atoms with van der Waals surface area (Å²) in [5.74, 6) is 0.593. The summed E-state index contributed by atoms with van der Waals surface area (Å²) in [6.07, 6.45) is -2.89. The first-order chi connectivity index (χ1) is 13.1. The number of nitrogens with one attached hydrogen (secondary N) is 2. The van der Waals surface area contributed by atoms with Crippen molar-refractivity contribution >= 4 is 5.78 Å². The number of ether oxygens (including phenoxy) is 2. The third kappa shape index (κ3) is 9.12. The van der Waals surface area contributed by atoms with Crippen LogP contribution in [0.15, 0.2) is 18.2 Å². The Kier molecular flexibility index (Phi) is 8.65. The van der Waals surface area contributed by atoms with Crippen molar-refractivity contribution in [3.05, 3.63) is 23.8 Å². The van der Waals surface area contributed by atoms with Crippen LogP contribution in [0.4, 0.5) is 0 Å². The van der Waals surface area contributed by atoms with Gasteiger partial charge in [0.2, 0.25) is 0 Å². The molecular weight excluding hydrogens is 372 g/mol. The van der Waals surface area contributed by atoms with Crippen LogP contribution in [-0.4, -0.2) is 51.7 Å². The predicted molar refractivity (Wildman–Crippen MR) is 114 cm³/mol. The number of carbonyl (C=O) groups excluding carboxylic acids is 1. The van der Waals surface area contributed by atoms with E-state index in [-0.39, 0.29) is 16.9 Å². The van der Waals surface area contributed by atoms with Gasteiger partial charge < -0.3 is 19.7 Å². The molecule has 1 aromatic rings. The normalized spacial score (nSPS) is 16.7. The first kappa shape index (κ1) is 25.4. The van der Waals surface area contributed by atoms with Crippen molar-refractivity contribution in [2.24, 2.45) is 0 Å². The number of Topliss-reactive ketones (excluding diaryl/α,β-unsaturated/α-hetero) is 1. The number of ketones is 1. The van der Waals surface area contributed by atoms with Crippen molar-refractivity contribution in [1.29, 1.82) is 0 Å². The molecule has 166 valence electrons. The molecule has 0 fully saturated rings. The number of rotatable bonds is 9. The van der Waals surface area contributed by atoms with E-state index in [1.54, 1.807) is 32.0 Å². The van der Waals surface area contributed by atoms with Crippen LogP contribution in [0.1, 0.15) is 72.7 Å². The number of hydrogen-bond acceptors (Lipinski definition) is 7. The maximum Gasteiger partial charge on any atom is 0.176 e. The van der Waals surface area contributed by atoms with E-state index in [0.29, 0.717) is 17.1 Å². The van der Waals surface area contributed by atoms with Crippen LogP contribution in [0.2, 0.25) is 0 Å². The highest BCUT2D eigenvalue weighted by Crippen LogP contribution is 2.27. The van der Waals surface area contributed by atoms with Crippen LogP contribution < -0.4 is 20.1 Å². The number of hydrogen-bond donors (Lipinski definition) is 4.